The Balaban J connectivity index is 2.13. The van der Waals surface area contributed by atoms with Crippen LogP contribution in [0.15, 0.2) is 0 Å². The maximum atomic E-state index is 10.9. The molecule has 1 heterocycles. The molecule has 1 saturated carbocycles. The van der Waals surface area contributed by atoms with Gasteiger partial charge in [0.15, 0.2) is 0 Å². The lowest BCUT2D eigenvalue weighted by Crippen LogP contribution is -2.63. The fourth-order valence-electron chi connectivity index (χ4n) is 3.70. The molecular weight excluding hydrogens is 202 g/mol. The molecule has 0 radical (unpaired) electrons. The summed E-state index contributed by atoms with van der Waals surface area (Å²) in [6, 6.07) is 0. The summed E-state index contributed by atoms with van der Waals surface area (Å²) in [6.45, 7) is 3.58. The summed E-state index contributed by atoms with van der Waals surface area (Å²) < 4.78 is 0. The van der Waals surface area contributed by atoms with Crippen molar-refractivity contribution < 1.29 is 10.2 Å². The molecule has 3 heteroatoms. The summed E-state index contributed by atoms with van der Waals surface area (Å²) in [7, 11) is 2.01. The van der Waals surface area contributed by atoms with Gasteiger partial charge in [-0.05, 0) is 25.8 Å². The van der Waals surface area contributed by atoms with E-state index in [1.807, 2.05) is 7.05 Å². The highest BCUT2D eigenvalue weighted by Crippen LogP contribution is 2.41. The number of likely N-dealkylation sites (N-methyl/N-ethyl adjacent to an activating group) is 1. The molecule has 0 aromatic rings. The summed E-state index contributed by atoms with van der Waals surface area (Å²) >= 11 is 0. The van der Waals surface area contributed by atoms with Crippen LogP contribution in [0.4, 0.5) is 0 Å². The zero-order chi connectivity index (χ0) is 11.8. The van der Waals surface area contributed by atoms with Crippen LogP contribution in [0.1, 0.15) is 39.0 Å². The molecule has 0 amide bonds. The number of nitrogens with zero attached hydrogens (tertiary/aromatic N) is 1. The largest absolute Gasteiger partial charge is 0.389 e. The van der Waals surface area contributed by atoms with E-state index in [0.29, 0.717) is 12.5 Å². The molecule has 3 unspecified atom stereocenters. The Morgan fingerprint density at radius 2 is 1.75 bits per heavy atom. The van der Waals surface area contributed by atoms with Crippen LogP contribution >= 0.6 is 0 Å². The fourth-order valence-corrected chi connectivity index (χ4v) is 3.70. The van der Waals surface area contributed by atoms with Crippen molar-refractivity contribution in [2.24, 2.45) is 11.8 Å². The van der Waals surface area contributed by atoms with E-state index in [-0.39, 0.29) is 5.92 Å². The van der Waals surface area contributed by atoms with Crippen LogP contribution in [0.5, 0.6) is 0 Å². The molecule has 1 aliphatic heterocycles. The van der Waals surface area contributed by atoms with Gasteiger partial charge in [-0.15, -0.1) is 0 Å². The highest BCUT2D eigenvalue weighted by atomic mass is 16.3. The highest BCUT2D eigenvalue weighted by Gasteiger charge is 2.50. The number of likely N-dealkylation sites (tertiary alicyclic amines) is 1. The molecule has 1 saturated heterocycles. The number of hydrogen-bond acceptors (Lipinski definition) is 3. The van der Waals surface area contributed by atoms with Gasteiger partial charge in [0.1, 0.15) is 0 Å². The predicted octanol–water partition coefficient (Wildman–Crippen LogP) is 1.24. The van der Waals surface area contributed by atoms with Gasteiger partial charge in [0.05, 0.1) is 11.7 Å². The maximum absolute atomic E-state index is 10.9. The third-order valence-electron chi connectivity index (χ3n) is 4.65. The second kappa shape index (κ2) is 4.63. The average molecular weight is 227 g/mol. The van der Waals surface area contributed by atoms with Crippen LogP contribution in [-0.2, 0) is 0 Å². The summed E-state index contributed by atoms with van der Waals surface area (Å²) in [5.41, 5.74) is -0.840. The Morgan fingerprint density at radius 1 is 1.12 bits per heavy atom. The van der Waals surface area contributed by atoms with E-state index in [1.165, 1.54) is 19.3 Å². The molecule has 16 heavy (non-hydrogen) atoms. The minimum atomic E-state index is -0.840. The van der Waals surface area contributed by atoms with E-state index in [2.05, 4.69) is 11.8 Å². The van der Waals surface area contributed by atoms with E-state index in [9.17, 15) is 10.2 Å². The zero-order valence-corrected chi connectivity index (χ0v) is 10.5. The number of hydrogen-bond donors (Lipinski definition) is 2. The molecule has 3 atom stereocenters. The van der Waals surface area contributed by atoms with Crippen LogP contribution in [0, 0.1) is 11.8 Å². The van der Waals surface area contributed by atoms with Crippen molar-refractivity contribution in [3.63, 3.8) is 0 Å². The van der Waals surface area contributed by atoms with Crippen molar-refractivity contribution in [3.8, 4) is 0 Å². The lowest BCUT2D eigenvalue weighted by Gasteiger charge is -2.50. The van der Waals surface area contributed by atoms with E-state index in [4.69, 9.17) is 0 Å². The van der Waals surface area contributed by atoms with Crippen molar-refractivity contribution >= 4 is 0 Å². The minimum Gasteiger partial charge on any atom is -0.389 e. The Labute approximate surface area is 98.5 Å². The van der Waals surface area contributed by atoms with Crippen molar-refractivity contribution in [1.82, 2.24) is 4.90 Å². The van der Waals surface area contributed by atoms with Gasteiger partial charge in [0.25, 0.3) is 0 Å². The Hall–Kier alpha value is -0.120. The van der Waals surface area contributed by atoms with Gasteiger partial charge < -0.3 is 15.1 Å². The summed E-state index contributed by atoms with van der Waals surface area (Å²) in [4.78, 5) is 2.12. The first-order chi connectivity index (χ1) is 7.55. The molecule has 2 rings (SSSR count). The van der Waals surface area contributed by atoms with Gasteiger partial charge in [0.2, 0.25) is 0 Å². The molecule has 2 aliphatic rings. The molecule has 0 spiro atoms. The summed E-state index contributed by atoms with van der Waals surface area (Å²) in [5, 5.41) is 21.1. The van der Waals surface area contributed by atoms with Crippen molar-refractivity contribution in [3.05, 3.63) is 0 Å². The molecule has 94 valence electrons. The number of β-amino-alcohol motifs (C(OH)–C–C–N with tert-alkyl or cyclic N) is 1. The van der Waals surface area contributed by atoms with Gasteiger partial charge in [-0.3, -0.25) is 0 Å². The molecule has 0 aromatic carbocycles. The van der Waals surface area contributed by atoms with Gasteiger partial charge in [-0.1, -0.05) is 26.2 Å². The zero-order valence-electron chi connectivity index (χ0n) is 10.5. The van der Waals surface area contributed by atoms with E-state index >= 15 is 0 Å². The lowest BCUT2D eigenvalue weighted by molar-refractivity contribution is -0.183. The van der Waals surface area contributed by atoms with E-state index < -0.39 is 11.7 Å². The topological polar surface area (TPSA) is 43.7 Å². The number of aliphatic hydroxyl groups is 2. The second-order valence-corrected chi connectivity index (χ2v) is 5.86. The van der Waals surface area contributed by atoms with Crippen LogP contribution in [-0.4, -0.2) is 47.0 Å². The first-order valence-electron chi connectivity index (χ1n) is 6.64. The van der Waals surface area contributed by atoms with E-state index in [1.54, 1.807) is 0 Å². The van der Waals surface area contributed by atoms with Gasteiger partial charge in [-0.2, -0.15) is 0 Å². The predicted molar refractivity (Wildman–Crippen MR) is 64.2 cm³/mol. The molecule has 3 nitrogen and oxygen atoms in total. The third-order valence-corrected chi connectivity index (χ3v) is 4.65. The van der Waals surface area contributed by atoms with Gasteiger partial charge in [-0.25, -0.2) is 0 Å². The highest BCUT2D eigenvalue weighted by molar-refractivity contribution is 5.02. The number of piperidine rings is 1. The fraction of sp³-hybridized carbons (Fsp3) is 1.00. The van der Waals surface area contributed by atoms with Crippen LogP contribution in [0.2, 0.25) is 0 Å². The molecule has 0 aromatic heterocycles. The molecular formula is C13H25NO2. The molecule has 2 N–H and O–H groups in total. The van der Waals surface area contributed by atoms with Gasteiger partial charge >= 0.3 is 0 Å². The van der Waals surface area contributed by atoms with E-state index in [0.717, 1.165) is 19.4 Å². The SMILES string of the molecule is CC1CN(C)CC(O)C1(O)C1CCCCC1. The Morgan fingerprint density at radius 3 is 2.31 bits per heavy atom. The second-order valence-electron chi connectivity index (χ2n) is 5.86. The van der Waals surface area contributed by atoms with Crippen LogP contribution in [0.25, 0.3) is 0 Å². The van der Waals surface area contributed by atoms with Crippen molar-refractivity contribution in [2.45, 2.75) is 50.7 Å². The van der Waals surface area contributed by atoms with Gasteiger partial charge in [0, 0.05) is 19.0 Å². The normalized spacial score (nSPS) is 43.5. The maximum Gasteiger partial charge on any atom is 0.0983 e. The van der Waals surface area contributed by atoms with Crippen LogP contribution in [0.3, 0.4) is 0 Å². The number of aliphatic hydroxyl groups excluding tert-OH is 1. The third kappa shape index (κ3) is 2.01. The quantitative estimate of drug-likeness (QED) is 0.708. The monoisotopic (exact) mass is 227 g/mol. The summed E-state index contributed by atoms with van der Waals surface area (Å²) in [6.07, 6.45) is 5.30. The minimum absolute atomic E-state index is 0.171. The van der Waals surface area contributed by atoms with Crippen molar-refractivity contribution in [2.75, 3.05) is 20.1 Å². The summed E-state index contributed by atoms with van der Waals surface area (Å²) in [5.74, 6) is 0.476. The molecule has 0 bridgehead atoms. The average Bonchev–Trinajstić information content (AvgIpc) is 2.27. The Bertz CT molecular complexity index is 226. The standard InChI is InChI=1S/C13H25NO2/c1-10-8-14(2)9-12(15)13(10,16)11-6-4-3-5-7-11/h10-12,15-16H,3-9H2,1-2H3. The first-order valence-corrected chi connectivity index (χ1v) is 6.64. The number of rotatable bonds is 1. The van der Waals surface area contributed by atoms with Crippen molar-refractivity contribution in [1.29, 1.82) is 0 Å². The molecule has 1 aliphatic carbocycles. The smallest absolute Gasteiger partial charge is 0.0983 e. The lowest BCUT2D eigenvalue weighted by atomic mass is 9.66. The molecule has 2 fully saturated rings. The Kier molecular flexibility index (Phi) is 3.57. The van der Waals surface area contributed by atoms with Crippen LogP contribution < -0.4 is 0 Å². The first kappa shape index (κ1) is 12.3.